The molecule has 1 aliphatic heterocycles. The Bertz CT molecular complexity index is 591. The second kappa shape index (κ2) is 8.24. The molecular weight excluding hydrogens is 306 g/mol. The number of carbonyl (C=O) groups excluding carboxylic acids is 1. The Kier molecular flexibility index (Phi) is 6.31. The van der Waals surface area contributed by atoms with Crippen molar-refractivity contribution in [3.8, 4) is 0 Å². The second-order valence-corrected chi connectivity index (χ2v) is 6.43. The van der Waals surface area contributed by atoms with E-state index in [1.165, 1.54) is 6.07 Å². The van der Waals surface area contributed by atoms with Crippen LogP contribution in [-0.2, 0) is 0 Å². The van der Waals surface area contributed by atoms with Gasteiger partial charge in [-0.05, 0) is 44.8 Å². The zero-order chi connectivity index (χ0) is 17.7. The first-order valence-corrected chi connectivity index (χ1v) is 8.73. The summed E-state index contributed by atoms with van der Waals surface area (Å²) < 4.78 is 0. The van der Waals surface area contributed by atoms with Gasteiger partial charge in [0.05, 0.1) is 4.92 Å². The summed E-state index contributed by atoms with van der Waals surface area (Å²) in [6, 6.07) is 4.72. The van der Waals surface area contributed by atoms with Gasteiger partial charge in [-0.25, -0.2) is 0 Å². The zero-order valence-corrected chi connectivity index (χ0v) is 14.8. The van der Waals surface area contributed by atoms with Gasteiger partial charge in [-0.3, -0.25) is 14.9 Å². The van der Waals surface area contributed by atoms with E-state index >= 15 is 0 Å². The van der Waals surface area contributed by atoms with Gasteiger partial charge in [0.2, 0.25) is 0 Å². The summed E-state index contributed by atoms with van der Waals surface area (Å²) in [5, 5.41) is 11.1. The molecule has 0 aromatic heterocycles. The average molecular weight is 333 g/mol. The molecule has 1 heterocycles. The van der Waals surface area contributed by atoms with E-state index < -0.39 is 4.92 Å². The molecule has 0 bridgehead atoms. The molecule has 0 spiro atoms. The summed E-state index contributed by atoms with van der Waals surface area (Å²) in [6.07, 6.45) is 1.99. The number of likely N-dealkylation sites (tertiary alicyclic amines) is 1. The molecule has 2 rings (SSSR count). The number of piperidine rings is 1. The first-order valence-electron chi connectivity index (χ1n) is 8.73. The van der Waals surface area contributed by atoms with Crippen LogP contribution in [0.15, 0.2) is 18.2 Å². The number of carbonyl (C=O) groups is 1. The molecule has 24 heavy (non-hydrogen) atoms. The van der Waals surface area contributed by atoms with Gasteiger partial charge in [0, 0.05) is 36.8 Å². The van der Waals surface area contributed by atoms with Gasteiger partial charge in [-0.15, -0.1) is 0 Å². The highest BCUT2D eigenvalue weighted by Crippen LogP contribution is 2.25. The zero-order valence-electron chi connectivity index (χ0n) is 14.8. The molecule has 1 aromatic carbocycles. The van der Waals surface area contributed by atoms with E-state index in [0.717, 1.165) is 45.6 Å². The lowest BCUT2D eigenvalue weighted by Crippen LogP contribution is -2.41. The van der Waals surface area contributed by atoms with Crippen LogP contribution in [0.25, 0.3) is 0 Å². The van der Waals surface area contributed by atoms with Crippen LogP contribution in [-0.4, -0.2) is 53.4 Å². The van der Waals surface area contributed by atoms with Crippen LogP contribution in [0.4, 0.5) is 5.69 Å². The van der Waals surface area contributed by atoms with Crippen LogP contribution in [0.2, 0.25) is 0 Å². The Morgan fingerprint density at radius 1 is 1.29 bits per heavy atom. The Labute approximate surface area is 143 Å². The highest BCUT2D eigenvalue weighted by Gasteiger charge is 2.27. The van der Waals surface area contributed by atoms with Gasteiger partial charge in [-0.1, -0.05) is 19.9 Å². The van der Waals surface area contributed by atoms with Crippen molar-refractivity contribution in [3.05, 3.63) is 39.4 Å². The molecule has 1 saturated heterocycles. The van der Waals surface area contributed by atoms with E-state index in [2.05, 4.69) is 18.7 Å². The van der Waals surface area contributed by atoms with Crippen LogP contribution < -0.4 is 0 Å². The van der Waals surface area contributed by atoms with Crippen molar-refractivity contribution in [2.75, 3.05) is 32.7 Å². The molecule has 0 N–H and O–H groups in total. The van der Waals surface area contributed by atoms with Crippen molar-refractivity contribution in [1.29, 1.82) is 0 Å². The van der Waals surface area contributed by atoms with Gasteiger partial charge >= 0.3 is 0 Å². The standard InChI is InChI=1S/C18H27N3O3/c1-4-19(5-2)13-15-9-11-20(12-10-15)18(22)16-7-6-8-17(14(16)3)21(23)24/h6-8,15H,4-5,9-13H2,1-3H3. The van der Waals surface area contributed by atoms with Crippen LogP contribution in [0.5, 0.6) is 0 Å². The highest BCUT2D eigenvalue weighted by atomic mass is 16.6. The third-order valence-corrected chi connectivity index (χ3v) is 5.04. The maximum atomic E-state index is 12.7. The van der Waals surface area contributed by atoms with E-state index in [9.17, 15) is 14.9 Å². The van der Waals surface area contributed by atoms with E-state index in [1.807, 2.05) is 4.90 Å². The highest BCUT2D eigenvalue weighted by molar-refractivity contribution is 5.96. The molecule has 1 fully saturated rings. The average Bonchev–Trinajstić information content (AvgIpc) is 2.59. The predicted molar refractivity (Wildman–Crippen MR) is 94.2 cm³/mol. The summed E-state index contributed by atoms with van der Waals surface area (Å²) >= 11 is 0. The third-order valence-electron chi connectivity index (χ3n) is 5.04. The fraction of sp³-hybridized carbons (Fsp3) is 0.611. The fourth-order valence-corrected chi connectivity index (χ4v) is 3.39. The maximum Gasteiger partial charge on any atom is 0.273 e. The van der Waals surface area contributed by atoms with Gasteiger partial charge < -0.3 is 9.80 Å². The number of nitro groups is 1. The number of amides is 1. The monoisotopic (exact) mass is 333 g/mol. The summed E-state index contributed by atoms with van der Waals surface area (Å²) in [6.45, 7) is 10.7. The summed E-state index contributed by atoms with van der Waals surface area (Å²) in [5.41, 5.74) is 0.918. The van der Waals surface area contributed by atoms with Gasteiger partial charge in [0.1, 0.15) is 0 Å². The molecule has 0 radical (unpaired) electrons. The van der Waals surface area contributed by atoms with Crippen molar-refractivity contribution in [3.63, 3.8) is 0 Å². The lowest BCUT2D eigenvalue weighted by molar-refractivity contribution is -0.385. The van der Waals surface area contributed by atoms with Crippen LogP contribution >= 0.6 is 0 Å². The number of nitrogens with zero attached hydrogens (tertiary/aromatic N) is 3. The topological polar surface area (TPSA) is 66.7 Å². The van der Waals surface area contributed by atoms with Crippen LogP contribution in [0.1, 0.15) is 42.6 Å². The Hall–Kier alpha value is -1.95. The smallest absolute Gasteiger partial charge is 0.273 e. The molecule has 6 nitrogen and oxygen atoms in total. The van der Waals surface area contributed by atoms with Crippen molar-refractivity contribution in [2.45, 2.75) is 33.6 Å². The summed E-state index contributed by atoms with van der Waals surface area (Å²) in [4.78, 5) is 27.6. The Morgan fingerprint density at radius 2 is 1.92 bits per heavy atom. The minimum atomic E-state index is -0.428. The summed E-state index contributed by atoms with van der Waals surface area (Å²) in [7, 11) is 0. The largest absolute Gasteiger partial charge is 0.339 e. The quantitative estimate of drug-likeness (QED) is 0.593. The van der Waals surface area contributed by atoms with Crippen molar-refractivity contribution in [1.82, 2.24) is 9.80 Å². The Balaban J connectivity index is 2.01. The minimum Gasteiger partial charge on any atom is -0.339 e. The minimum absolute atomic E-state index is 0.0114. The lowest BCUT2D eigenvalue weighted by Gasteiger charge is -2.34. The number of benzene rings is 1. The molecule has 132 valence electrons. The number of nitro benzene ring substituents is 1. The Morgan fingerprint density at radius 3 is 2.46 bits per heavy atom. The predicted octanol–water partition coefficient (Wildman–Crippen LogP) is 3.10. The molecule has 1 aliphatic rings. The van der Waals surface area contributed by atoms with Crippen molar-refractivity contribution >= 4 is 11.6 Å². The number of hydrogen-bond donors (Lipinski definition) is 0. The van der Waals surface area contributed by atoms with Gasteiger partial charge in [-0.2, -0.15) is 0 Å². The van der Waals surface area contributed by atoms with Crippen molar-refractivity contribution in [2.24, 2.45) is 5.92 Å². The second-order valence-electron chi connectivity index (χ2n) is 6.43. The van der Waals surface area contributed by atoms with Crippen molar-refractivity contribution < 1.29 is 9.72 Å². The summed E-state index contributed by atoms with van der Waals surface area (Å²) in [5.74, 6) is 0.539. The molecule has 1 aromatic rings. The van der Waals surface area contributed by atoms with E-state index in [0.29, 0.717) is 17.0 Å². The van der Waals surface area contributed by atoms with Crippen LogP contribution in [0, 0.1) is 23.0 Å². The van der Waals surface area contributed by atoms with Gasteiger partial charge in [0.25, 0.3) is 11.6 Å². The maximum absolute atomic E-state index is 12.7. The first-order chi connectivity index (χ1) is 11.5. The molecule has 0 atom stereocenters. The van der Waals surface area contributed by atoms with Gasteiger partial charge in [0.15, 0.2) is 0 Å². The molecular formula is C18H27N3O3. The molecule has 0 saturated carbocycles. The fourth-order valence-electron chi connectivity index (χ4n) is 3.39. The van der Waals surface area contributed by atoms with E-state index in [4.69, 9.17) is 0 Å². The molecule has 0 unspecified atom stereocenters. The third kappa shape index (κ3) is 4.12. The van der Waals surface area contributed by atoms with Crippen LogP contribution in [0.3, 0.4) is 0 Å². The molecule has 0 aliphatic carbocycles. The first kappa shape index (κ1) is 18.4. The SMILES string of the molecule is CCN(CC)CC1CCN(C(=O)c2cccc([N+](=O)[O-])c2C)CC1. The lowest BCUT2D eigenvalue weighted by atomic mass is 9.95. The number of rotatable bonds is 6. The normalized spacial score (nSPS) is 15.8. The molecule has 6 heteroatoms. The van der Waals surface area contributed by atoms with E-state index in [-0.39, 0.29) is 11.6 Å². The number of hydrogen-bond acceptors (Lipinski definition) is 4. The molecule has 1 amide bonds. The van der Waals surface area contributed by atoms with E-state index in [1.54, 1.807) is 19.1 Å².